The molecule has 9 heteroatoms. The molecular weight excluding hydrogens is 364 g/mol. The van der Waals surface area contributed by atoms with E-state index in [0.717, 1.165) is 4.90 Å². The largest absolute Gasteiger partial charge is 0.347 e. The normalized spacial score (nSPS) is 23.9. The molecule has 7 nitrogen and oxygen atoms in total. The minimum Gasteiger partial charge on any atom is -0.347 e. The summed E-state index contributed by atoms with van der Waals surface area (Å²) in [5, 5.41) is 2.79. The third-order valence-electron chi connectivity index (χ3n) is 4.75. The lowest BCUT2D eigenvalue weighted by Crippen LogP contribution is -2.47. The number of amides is 1. The Balaban J connectivity index is 1.55. The van der Waals surface area contributed by atoms with Crippen LogP contribution in [0.4, 0.5) is 5.69 Å². The van der Waals surface area contributed by atoms with Crippen molar-refractivity contribution in [1.82, 2.24) is 4.31 Å². The number of ether oxygens (including phenoxy) is 2. The third kappa shape index (κ3) is 3.31. The van der Waals surface area contributed by atoms with E-state index in [1.807, 2.05) is 0 Å². The van der Waals surface area contributed by atoms with Gasteiger partial charge in [0, 0.05) is 43.0 Å². The van der Waals surface area contributed by atoms with Crippen molar-refractivity contribution in [3.63, 3.8) is 0 Å². The van der Waals surface area contributed by atoms with E-state index in [4.69, 9.17) is 9.47 Å². The van der Waals surface area contributed by atoms with Crippen molar-refractivity contribution in [2.75, 3.05) is 37.4 Å². The average molecular weight is 384 g/mol. The topological polar surface area (TPSA) is 84.9 Å². The molecule has 1 amide bonds. The zero-order valence-corrected chi connectivity index (χ0v) is 15.3. The summed E-state index contributed by atoms with van der Waals surface area (Å²) in [7, 11) is -3.61. The average Bonchev–Trinajstić information content (AvgIpc) is 2.95. The number of nitrogens with one attached hydrogen (secondary N) is 1. The number of sulfonamides is 1. The zero-order valence-electron chi connectivity index (χ0n) is 13.7. The smallest absolute Gasteiger partial charge is 0.243 e. The van der Waals surface area contributed by atoms with Gasteiger partial charge in [0.05, 0.1) is 23.8 Å². The lowest BCUT2D eigenvalue weighted by atomic mass is 10.1. The number of anilines is 1. The highest BCUT2D eigenvalue weighted by atomic mass is 32.2. The second kappa shape index (κ2) is 6.55. The summed E-state index contributed by atoms with van der Waals surface area (Å²) in [6, 6.07) is 4.95. The molecule has 3 aliphatic heterocycles. The summed E-state index contributed by atoms with van der Waals surface area (Å²) in [5.74, 6) is 0.0000353. The van der Waals surface area contributed by atoms with Crippen molar-refractivity contribution in [1.29, 1.82) is 0 Å². The number of nitrogens with zero attached hydrogens (tertiary/aromatic N) is 1. The maximum atomic E-state index is 13.0. The van der Waals surface area contributed by atoms with Crippen LogP contribution in [0.3, 0.4) is 0 Å². The van der Waals surface area contributed by atoms with Crippen molar-refractivity contribution < 1.29 is 22.7 Å². The van der Waals surface area contributed by atoms with Gasteiger partial charge in [-0.05, 0) is 18.2 Å². The molecule has 0 aromatic heterocycles. The van der Waals surface area contributed by atoms with Gasteiger partial charge < -0.3 is 14.8 Å². The number of benzene rings is 1. The molecule has 1 aromatic rings. The number of piperidine rings is 1. The van der Waals surface area contributed by atoms with Crippen LogP contribution in [0.5, 0.6) is 0 Å². The predicted molar refractivity (Wildman–Crippen MR) is 93.0 cm³/mol. The van der Waals surface area contributed by atoms with Gasteiger partial charge in [0.1, 0.15) is 0 Å². The van der Waals surface area contributed by atoms with Gasteiger partial charge in [-0.3, -0.25) is 4.79 Å². The maximum Gasteiger partial charge on any atom is 0.243 e. The summed E-state index contributed by atoms with van der Waals surface area (Å²) < 4.78 is 38.7. The Hall–Kier alpha value is -1.13. The summed E-state index contributed by atoms with van der Waals surface area (Å²) >= 11 is 1.56. The minimum absolute atomic E-state index is 0.0868. The van der Waals surface area contributed by atoms with E-state index in [1.165, 1.54) is 4.31 Å². The number of thioether (sulfide) groups is 1. The minimum atomic E-state index is -3.61. The molecule has 2 saturated heterocycles. The first kappa shape index (κ1) is 17.3. The second-order valence-corrected chi connectivity index (χ2v) is 9.39. The number of fused-ring (bicyclic) bond motifs is 1. The van der Waals surface area contributed by atoms with Gasteiger partial charge in [-0.2, -0.15) is 4.31 Å². The number of carbonyl (C=O) groups excluding carboxylic acids is 1. The van der Waals surface area contributed by atoms with Gasteiger partial charge in [0.25, 0.3) is 0 Å². The summed E-state index contributed by atoms with van der Waals surface area (Å²) in [4.78, 5) is 12.8. The fraction of sp³-hybridized carbons (Fsp3) is 0.562. The summed E-state index contributed by atoms with van der Waals surface area (Å²) in [5.41, 5.74) is 0.574. The first-order valence-corrected chi connectivity index (χ1v) is 10.8. The van der Waals surface area contributed by atoms with Gasteiger partial charge >= 0.3 is 0 Å². The Kier molecular flexibility index (Phi) is 4.53. The van der Waals surface area contributed by atoms with E-state index in [1.54, 1.807) is 30.0 Å². The highest BCUT2D eigenvalue weighted by Crippen LogP contribution is 2.36. The van der Waals surface area contributed by atoms with E-state index in [0.29, 0.717) is 57.0 Å². The third-order valence-corrected chi connectivity index (χ3v) is 7.72. The van der Waals surface area contributed by atoms with E-state index >= 15 is 0 Å². The fourth-order valence-electron chi connectivity index (χ4n) is 3.36. The molecule has 4 rings (SSSR count). The highest BCUT2D eigenvalue weighted by Gasteiger charge is 2.42. The Morgan fingerprint density at radius 3 is 2.60 bits per heavy atom. The molecule has 25 heavy (non-hydrogen) atoms. The van der Waals surface area contributed by atoms with Crippen molar-refractivity contribution in [2.45, 2.75) is 34.8 Å². The monoisotopic (exact) mass is 384 g/mol. The van der Waals surface area contributed by atoms with Crippen molar-refractivity contribution in [2.24, 2.45) is 0 Å². The molecule has 1 N–H and O–H groups in total. The number of hydrogen-bond donors (Lipinski definition) is 1. The van der Waals surface area contributed by atoms with Crippen LogP contribution in [-0.2, 0) is 24.3 Å². The molecule has 2 fully saturated rings. The van der Waals surface area contributed by atoms with Crippen LogP contribution >= 0.6 is 11.8 Å². The molecule has 136 valence electrons. The summed E-state index contributed by atoms with van der Waals surface area (Å²) in [6.07, 6.45) is 1.49. The van der Waals surface area contributed by atoms with Gasteiger partial charge in [-0.15, -0.1) is 11.8 Å². The number of hydrogen-bond acceptors (Lipinski definition) is 6. The predicted octanol–water partition coefficient (Wildman–Crippen LogP) is 1.65. The van der Waals surface area contributed by atoms with Crippen LogP contribution in [0.15, 0.2) is 28.0 Å². The van der Waals surface area contributed by atoms with Crippen LogP contribution in [0.2, 0.25) is 0 Å². The van der Waals surface area contributed by atoms with Gasteiger partial charge in [0.15, 0.2) is 5.79 Å². The van der Waals surface area contributed by atoms with E-state index in [2.05, 4.69) is 5.32 Å². The van der Waals surface area contributed by atoms with Gasteiger partial charge in [-0.1, -0.05) is 0 Å². The van der Waals surface area contributed by atoms with Crippen LogP contribution in [0, 0.1) is 0 Å². The molecule has 3 aliphatic rings. The molecular formula is C16H20N2O5S2. The van der Waals surface area contributed by atoms with Gasteiger partial charge in [0.2, 0.25) is 15.9 Å². The molecule has 1 aromatic carbocycles. The molecule has 1 spiro atoms. The second-order valence-electron chi connectivity index (χ2n) is 6.32. The van der Waals surface area contributed by atoms with Crippen molar-refractivity contribution >= 4 is 33.4 Å². The first-order chi connectivity index (χ1) is 12.0. The van der Waals surface area contributed by atoms with Crippen molar-refractivity contribution in [3.05, 3.63) is 18.2 Å². The Morgan fingerprint density at radius 1 is 1.16 bits per heavy atom. The first-order valence-electron chi connectivity index (χ1n) is 8.33. The molecule has 0 bridgehead atoms. The van der Waals surface area contributed by atoms with Crippen LogP contribution in [0.25, 0.3) is 0 Å². The van der Waals surface area contributed by atoms with E-state index < -0.39 is 15.8 Å². The fourth-order valence-corrected chi connectivity index (χ4v) is 5.77. The quantitative estimate of drug-likeness (QED) is 0.835. The SMILES string of the molecule is O=C1CCSc2ccc(S(=O)(=O)N3CCC4(CC3)OCCO4)cc2N1. The van der Waals surface area contributed by atoms with E-state index in [9.17, 15) is 13.2 Å². The summed E-state index contributed by atoms with van der Waals surface area (Å²) in [6.45, 7) is 1.85. The Morgan fingerprint density at radius 2 is 1.88 bits per heavy atom. The molecule has 0 radical (unpaired) electrons. The number of carbonyl (C=O) groups is 1. The Labute approximate surface area is 151 Å². The standard InChI is InChI=1S/C16H20N2O5S2/c19-15-3-10-24-14-2-1-12(11-13(14)17-15)25(20,21)18-6-4-16(5-7-18)22-8-9-23-16/h1-2,11H,3-10H2,(H,17,19). The molecule has 0 saturated carbocycles. The Bertz CT molecular complexity index is 780. The lowest BCUT2D eigenvalue weighted by Gasteiger charge is -2.36. The zero-order chi connectivity index (χ0) is 17.5. The van der Waals surface area contributed by atoms with Crippen molar-refractivity contribution in [3.8, 4) is 0 Å². The molecule has 0 atom stereocenters. The van der Waals surface area contributed by atoms with Crippen LogP contribution in [-0.4, -0.2) is 56.5 Å². The lowest BCUT2D eigenvalue weighted by molar-refractivity contribution is -0.179. The molecule has 0 unspecified atom stereocenters. The maximum absolute atomic E-state index is 13.0. The number of rotatable bonds is 2. The van der Waals surface area contributed by atoms with Gasteiger partial charge in [-0.25, -0.2) is 8.42 Å². The molecule has 0 aliphatic carbocycles. The van der Waals surface area contributed by atoms with E-state index in [-0.39, 0.29) is 10.8 Å². The van der Waals surface area contributed by atoms with Crippen LogP contribution < -0.4 is 5.32 Å². The molecule has 3 heterocycles. The highest BCUT2D eigenvalue weighted by molar-refractivity contribution is 7.99. The van der Waals surface area contributed by atoms with Crippen LogP contribution in [0.1, 0.15) is 19.3 Å².